The second-order valence-electron chi connectivity index (χ2n) is 14.3. The van der Waals surface area contributed by atoms with Gasteiger partial charge >= 0.3 is 0 Å². The molecule has 1 aromatic rings. The molecule has 4 atom stereocenters. The topological polar surface area (TPSA) is 95.1 Å². The lowest BCUT2D eigenvalue weighted by atomic mass is 9.78. The van der Waals surface area contributed by atoms with E-state index in [2.05, 4.69) is 20.1 Å². The Labute approximate surface area is 263 Å². The second-order valence-corrected chi connectivity index (χ2v) is 14.3. The number of carbonyl (C=O) groups excluding carboxylic acids is 3. The summed E-state index contributed by atoms with van der Waals surface area (Å²) >= 11 is 0. The Morgan fingerprint density at radius 3 is 2.55 bits per heavy atom. The number of hydrogen-bond donors (Lipinski definition) is 1. The average Bonchev–Trinajstić information content (AvgIpc) is 3.59. The summed E-state index contributed by atoms with van der Waals surface area (Å²) in [7, 11) is 0. The third kappa shape index (κ3) is 8.12. The number of piperidine rings is 2. The van der Waals surface area contributed by atoms with Crippen molar-refractivity contribution in [3.63, 3.8) is 0 Å². The molecule has 1 saturated carbocycles. The van der Waals surface area contributed by atoms with E-state index in [4.69, 9.17) is 4.74 Å². The van der Waals surface area contributed by atoms with Crippen LogP contribution in [0.2, 0.25) is 0 Å². The van der Waals surface area contributed by atoms with Crippen molar-refractivity contribution in [2.24, 2.45) is 29.6 Å². The predicted molar refractivity (Wildman–Crippen MR) is 169 cm³/mol. The Balaban J connectivity index is 1.16. The van der Waals surface area contributed by atoms with E-state index in [0.717, 1.165) is 77.2 Å². The number of likely N-dealkylation sites (tertiary alicyclic amines) is 2. The third-order valence-electron chi connectivity index (χ3n) is 11.3. The minimum Gasteiger partial charge on any atom is -0.478 e. The molecular formula is C35H53N5O4. The highest BCUT2D eigenvalue weighted by Gasteiger charge is 2.37. The van der Waals surface area contributed by atoms with Crippen LogP contribution in [0.15, 0.2) is 18.2 Å². The zero-order chi connectivity index (χ0) is 30.3. The van der Waals surface area contributed by atoms with Crippen LogP contribution in [0.5, 0.6) is 5.88 Å². The molecule has 5 heterocycles. The van der Waals surface area contributed by atoms with E-state index in [1.807, 2.05) is 11.0 Å². The molecule has 5 aliphatic rings. The summed E-state index contributed by atoms with van der Waals surface area (Å²) in [6, 6.07) is 5.36. The fourth-order valence-electron chi connectivity index (χ4n) is 8.63. The number of pyridine rings is 1. The standard InChI is InChI=1S/C35H53N5O4/c41-33(39-16-4-5-17-39)21-28-13-19-40-25-30(28)14-20-44-32-10-6-9-31(37-32)35(43)36-15-11-29-24-38(18-12-27(29)22-34(40)42)23-26-7-2-1-3-8-26/h6,9-10,26-30H,1-5,7-8,11-25H2,(H,36,43)/t27-,28-,29-,30-/m0/s1. The smallest absolute Gasteiger partial charge is 0.270 e. The fourth-order valence-corrected chi connectivity index (χ4v) is 8.63. The van der Waals surface area contributed by atoms with Gasteiger partial charge in [-0.1, -0.05) is 25.3 Å². The molecule has 4 bridgehead atoms. The third-order valence-corrected chi connectivity index (χ3v) is 11.3. The van der Waals surface area contributed by atoms with Crippen LogP contribution in [0, 0.1) is 29.6 Å². The molecule has 0 aromatic carbocycles. The van der Waals surface area contributed by atoms with E-state index < -0.39 is 0 Å². The number of aromatic nitrogens is 1. The molecule has 6 rings (SSSR count). The molecule has 3 amide bonds. The summed E-state index contributed by atoms with van der Waals surface area (Å²) < 4.78 is 6.05. The molecule has 1 aliphatic carbocycles. The molecule has 9 heteroatoms. The molecule has 44 heavy (non-hydrogen) atoms. The molecular weight excluding hydrogens is 554 g/mol. The first-order valence-electron chi connectivity index (χ1n) is 17.7. The van der Waals surface area contributed by atoms with Crippen LogP contribution in [0.1, 0.15) is 94.0 Å². The van der Waals surface area contributed by atoms with E-state index in [-0.39, 0.29) is 29.6 Å². The average molecular weight is 608 g/mol. The number of nitrogens with zero attached hydrogens (tertiary/aromatic N) is 4. The zero-order valence-electron chi connectivity index (χ0n) is 26.6. The Bertz CT molecular complexity index is 1130. The molecule has 4 fully saturated rings. The number of amides is 3. The minimum atomic E-state index is -0.176. The van der Waals surface area contributed by atoms with Gasteiger partial charge in [0.1, 0.15) is 5.69 Å². The molecule has 1 aromatic heterocycles. The van der Waals surface area contributed by atoms with Crippen molar-refractivity contribution in [3.8, 4) is 5.88 Å². The van der Waals surface area contributed by atoms with Crippen molar-refractivity contribution >= 4 is 17.7 Å². The van der Waals surface area contributed by atoms with Gasteiger partial charge in [0, 0.05) is 64.7 Å². The quantitative estimate of drug-likeness (QED) is 0.547. The van der Waals surface area contributed by atoms with Crippen LogP contribution in [0.3, 0.4) is 0 Å². The lowest BCUT2D eigenvalue weighted by Crippen LogP contribution is -2.48. The minimum absolute atomic E-state index is 0.176. The Kier molecular flexibility index (Phi) is 10.7. The molecule has 0 unspecified atom stereocenters. The van der Waals surface area contributed by atoms with Crippen molar-refractivity contribution in [2.75, 3.05) is 59.0 Å². The van der Waals surface area contributed by atoms with Crippen LogP contribution in [0.25, 0.3) is 0 Å². The number of carbonyl (C=O) groups is 3. The van der Waals surface area contributed by atoms with Crippen molar-refractivity contribution in [1.82, 2.24) is 25.0 Å². The number of ether oxygens (including phenoxy) is 1. The van der Waals surface area contributed by atoms with Crippen molar-refractivity contribution in [1.29, 1.82) is 0 Å². The van der Waals surface area contributed by atoms with E-state index in [0.29, 0.717) is 55.9 Å². The highest BCUT2D eigenvalue weighted by Crippen LogP contribution is 2.35. The normalized spacial score (nSPS) is 29.8. The van der Waals surface area contributed by atoms with Gasteiger partial charge in [-0.25, -0.2) is 4.98 Å². The number of fused-ring (bicyclic) bond motifs is 5. The fraction of sp³-hybridized carbons (Fsp3) is 0.771. The summed E-state index contributed by atoms with van der Waals surface area (Å²) in [4.78, 5) is 51.3. The highest BCUT2D eigenvalue weighted by atomic mass is 16.5. The van der Waals surface area contributed by atoms with Gasteiger partial charge in [-0.3, -0.25) is 14.4 Å². The first-order valence-corrected chi connectivity index (χ1v) is 17.7. The number of rotatable bonds is 4. The molecule has 0 spiro atoms. The van der Waals surface area contributed by atoms with Crippen molar-refractivity contribution < 1.29 is 19.1 Å². The van der Waals surface area contributed by atoms with Gasteiger partial charge in [-0.15, -0.1) is 0 Å². The SMILES string of the molecule is O=C1NCC[C@H]2CN(CC3CCCCC3)CC[C@H]2CC(=O)N2CC[C@@H](CC(=O)N3CCCC3)[C@@H](CCOc3cccc1n3)C2. The monoisotopic (exact) mass is 607 g/mol. The van der Waals surface area contributed by atoms with Gasteiger partial charge in [-0.2, -0.15) is 0 Å². The van der Waals surface area contributed by atoms with Gasteiger partial charge in [0.2, 0.25) is 17.7 Å². The van der Waals surface area contributed by atoms with Crippen molar-refractivity contribution in [2.45, 2.75) is 83.5 Å². The Morgan fingerprint density at radius 1 is 0.864 bits per heavy atom. The lowest BCUT2D eigenvalue weighted by Gasteiger charge is -2.42. The maximum atomic E-state index is 13.9. The number of hydrogen-bond acceptors (Lipinski definition) is 6. The summed E-state index contributed by atoms with van der Waals surface area (Å²) in [6.07, 6.45) is 13.6. The van der Waals surface area contributed by atoms with E-state index >= 15 is 0 Å². The van der Waals surface area contributed by atoms with Crippen LogP contribution in [-0.2, 0) is 9.59 Å². The predicted octanol–water partition coefficient (Wildman–Crippen LogP) is 4.37. The molecule has 1 N–H and O–H groups in total. The highest BCUT2D eigenvalue weighted by molar-refractivity contribution is 5.92. The van der Waals surface area contributed by atoms with Gasteiger partial charge < -0.3 is 24.8 Å². The van der Waals surface area contributed by atoms with E-state index in [1.165, 1.54) is 38.6 Å². The van der Waals surface area contributed by atoms with Crippen LogP contribution in [0.4, 0.5) is 0 Å². The van der Waals surface area contributed by atoms with Crippen LogP contribution >= 0.6 is 0 Å². The summed E-state index contributed by atoms with van der Waals surface area (Å²) in [6.45, 7) is 7.45. The maximum Gasteiger partial charge on any atom is 0.270 e. The summed E-state index contributed by atoms with van der Waals surface area (Å²) in [5, 5.41) is 3.10. The van der Waals surface area contributed by atoms with Gasteiger partial charge in [0.15, 0.2) is 0 Å². The zero-order valence-corrected chi connectivity index (χ0v) is 26.6. The maximum absolute atomic E-state index is 13.9. The molecule has 9 nitrogen and oxygen atoms in total. The number of nitrogens with one attached hydrogen (secondary N) is 1. The van der Waals surface area contributed by atoms with Crippen LogP contribution < -0.4 is 10.1 Å². The van der Waals surface area contributed by atoms with E-state index in [9.17, 15) is 14.4 Å². The Morgan fingerprint density at radius 2 is 1.70 bits per heavy atom. The van der Waals surface area contributed by atoms with E-state index in [1.54, 1.807) is 12.1 Å². The van der Waals surface area contributed by atoms with Gasteiger partial charge in [0.25, 0.3) is 5.91 Å². The second kappa shape index (κ2) is 15.1. The summed E-state index contributed by atoms with van der Waals surface area (Å²) in [5.41, 5.74) is 0.374. The molecule has 242 valence electrons. The lowest BCUT2D eigenvalue weighted by molar-refractivity contribution is -0.137. The first-order chi connectivity index (χ1) is 21.5. The van der Waals surface area contributed by atoms with Gasteiger partial charge in [-0.05, 0) is 93.6 Å². The molecule has 4 aliphatic heterocycles. The summed E-state index contributed by atoms with van der Waals surface area (Å²) in [5.74, 6) is 2.75. The van der Waals surface area contributed by atoms with Crippen LogP contribution in [-0.4, -0.2) is 96.4 Å². The van der Waals surface area contributed by atoms with Gasteiger partial charge in [0.05, 0.1) is 6.61 Å². The van der Waals surface area contributed by atoms with Crippen molar-refractivity contribution in [3.05, 3.63) is 23.9 Å². The first kappa shape index (κ1) is 31.3. The molecule has 0 radical (unpaired) electrons. The molecule has 3 saturated heterocycles. The largest absolute Gasteiger partial charge is 0.478 e. The Hall–Kier alpha value is -2.68.